The predicted molar refractivity (Wildman–Crippen MR) is 135 cm³/mol. The third-order valence-electron chi connectivity index (χ3n) is 5.62. The number of fused-ring (bicyclic) bond motifs is 1. The summed E-state index contributed by atoms with van der Waals surface area (Å²) in [4.78, 5) is 21.2. The summed E-state index contributed by atoms with van der Waals surface area (Å²) in [5.41, 5.74) is 3.06. The lowest BCUT2D eigenvalue weighted by atomic mass is 10.0. The molecule has 6 nitrogen and oxygen atoms in total. The Morgan fingerprint density at radius 3 is 2.58 bits per heavy atom. The first kappa shape index (κ1) is 24.1. The summed E-state index contributed by atoms with van der Waals surface area (Å²) in [5.74, 6) is 0.221. The van der Waals surface area contributed by atoms with E-state index in [4.69, 9.17) is 4.98 Å². The lowest BCUT2D eigenvalue weighted by Gasteiger charge is -2.27. The number of aromatic nitrogens is 1. The van der Waals surface area contributed by atoms with Crippen LogP contribution < -0.4 is 5.32 Å². The summed E-state index contributed by atoms with van der Waals surface area (Å²) in [6.45, 7) is 6.05. The highest BCUT2D eigenvalue weighted by atomic mass is 79.9. The second kappa shape index (κ2) is 9.66. The van der Waals surface area contributed by atoms with Gasteiger partial charge in [-0.2, -0.15) is 0 Å². The molecule has 1 N–H and O–H groups in total. The first-order valence-electron chi connectivity index (χ1n) is 10.7. The molecule has 1 aromatic heterocycles. The van der Waals surface area contributed by atoms with Crippen LogP contribution in [0.3, 0.4) is 0 Å². The van der Waals surface area contributed by atoms with Gasteiger partial charge < -0.3 is 5.32 Å². The lowest BCUT2D eigenvalue weighted by Crippen LogP contribution is -2.26. The monoisotopic (exact) mass is 547 g/mol. The SMILES string of the molecule is CC(C)[C@@H]1c2nc(NC(=O)Cc3ccc(S(C)(=O)=O)cc3)sc2CN1Cc1cccc(Br)c1. The smallest absolute Gasteiger partial charge is 0.230 e. The largest absolute Gasteiger partial charge is 0.302 e. The van der Waals surface area contributed by atoms with Crippen molar-refractivity contribution in [2.45, 2.75) is 44.3 Å². The number of benzene rings is 2. The van der Waals surface area contributed by atoms with Crippen LogP contribution in [0.4, 0.5) is 5.13 Å². The molecule has 0 radical (unpaired) electrons. The first-order valence-corrected chi connectivity index (χ1v) is 14.2. The molecule has 0 bridgehead atoms. The predicted octanol–water partition coefficient (Wildman–Crippen LogP) is 5.20. The molecule has 0 aliphatic carbocycles. The van der Waals surface area contributed by atoms with E-state index in [1.807, 2.05) is 6.07 Å². The van der Waals surface area contributed by atoms with E-state index in [1.165, 1.54) is 40.2 Å². The number of sulfone groups is 1. The fourth-order valence-corrected chi connectivity index (χ4v) is 6.30. The fraction of sp³-hybridized carbons (Fsp3) is 0.333. The first-order chi connectivity index (χ1) is 15.6. The number of rotatable bonds is 7. The van der Waals surface area contributed by atoms with E-state index < -0.39 is 9.84 Å². The summed E-state index contributed by atoms with van der Waals surface area (Å²) in [6, 6.07) is 15.0. The van der Waals surface area contributed by atoms with Crippen LogP contribution in [0.5, 0.6) is 0 Å². The molecule has 9 heteroatoms. The molecular weight excluding hydrogens is 522 g/mol. The van der Waals surface area contributed by atoms with Crippen LogP contribution in [0.25, 0.3) is 0 Å². The number of amides is 1. The van der Waals surface area contributed by atoms with Crippen molar-refractivity contribution >= 4 is 48.1 Å². The highest BCUT2D eigenvalue weighted by Gasteiger charge is 2.36. The van der Waals surface area contributed by atoms with E-state index in [0.29, 0.717) is 11.0 Å². The van der Waals surface area contributed by atoms with E-state index in [0.717, 1.165) is 28.8 Å². The molecule has 2 heterocycles. The average molecular weight is 549 g/mol. The number of nitrogens with zero attached hydrogens (tertiary/aromatic N) is 2. The van der Waals surface area contributed by atoms with Gasteiger partial charge in [0.1, 0.15) is 0 Å². The van der Waals surface area contributed by atoms with Gasteiger partial charge in [0.15, 0.2) is 15.0 Å². The topological polar surface area (TPSA) is 79.4 Å². The zero-order chi connectivity index (χ0) is 23.8. The Morgan fingerprint density at radius 2 is 1.94 bits per heavy atom. The Bertz CT molecular complexity index is 1270. The van der Waals surface area contributed by atoms with Gasteiger partial charge in [-0.15, -0.1) is 11.3 Å². The number of halogens is 1. The highest BCUT2D eigenvalue weighted by Crippen LogP contribution is 2.43. The maximum Gasteiger partial charge on any atom is 0.230 e. The zero-order valence-electron chi connectivity index (χ0n) is 18.7. The quantitative estimate of drug-likeness (QED) is 0.439. The maximum absolute atomic E-state index is 12.6. The molecule has 1 aliphatic heterocycles. The van der Waals surface area contributed by atoms with E-state index in [9.17, 15) is 13.2 Å². The van der Waals surface area contributed by atoms with Gasteiger partial charge >= 0.3 is 0 Å². The van der Waals surface area contributed by atoms with Crippen molar-refractivity contribution < 1.29 is 13.2 Å². The van der Waals surface area contributed by atoms with Crippen molar-refractivity contribution in [1.82, 2.24) is 9.88 Å². The summed E-state index contributed by atoms with van der Waals surface area (Å²) in [6.07, 6.45) is 1.33. The van der Waals surface area contributed by atoms with Crippen molar-refractivity contribution in [1.29, 1.82) is 0 Å². The third-order valence-corrected chi connectivity index (χ3v) is 8.21. The van der Waals surface area contributed by atoms with Crippen LogP contribution in [-0.2, 0) is 34.1 Å². The van der Waals surface area contributed by atoms with E-state index in [2.05, 4.69) is 58.2 Å². The molecular formula is C24H26BrN3O3S2. The van der Waals surface area contributed by atoms with Crippen LogP contribution >= 0.6 is 27.3 Å². The van der Waals surface area contributed by atoms with Crippen molar-refractivity contribution in [2.75, 3.05) is 11.6 Å². The minimum absolute atomic E-state index is 0.164. The number of hydrogen-bond acceptors (Lipinski definition) is 6. The summed E-state index contributed by atoms with van der Waals surface area (Å²) in [5, 5.41) is 3.54. The fourth-order valence-electron chi connectivity index (χ4n) is 4.18. The number of thiazole rings is 1. The maximum atomic E-state index is 12.6. The van der Waals surface area contributed by atoms with Gasteiger partial charge in [0, 0.05) is 28.7 Å². The summed E-state index contributed by atoms with van der Waals surface area (Å²) >= 11 is 5.08. The molecule has 0 saturated heterocycles. The molecule has 1 atom stereocenters. The Kier molecular flexibility index (Phi) is 7.04. The molecule has 0 saturated carbocycles. The van der Waals surface area contributed by atoms with Gasteiger partial charge in [-0.05, 0) is 41.3 Å². The van der Waals surface area contributed by atoms with Gasteiger partial charge in [-0.25, -0.2) is 13.4 Å². The molecule has 33 heavy (non-hydrogen) atoms. The third kappa shape index (κ3) is 5.71. The van der Waals surface area contributed by atoms with Gasteiger partial charge in [-0.3, -0.25) is 9.69 Å². The standard InChI is InChI=1S/C24H26BrN3O3S2/c1-15(2)23-22-20(14-28(23)13-17-5-4-6-18(25)11-17)32-24(27-22)26-21(29)12-16-7-9-19(10-8-16)33(3,30)31/h4-11,15,23H,12-14H2,1-3H3,(H,26,27,29)/t23-/m1/s1. The molecule has 4 rings (SSSR count). The van der Waals surface area contributed by atoms with Crippen LogP contribution in [0.15, 0.2) is 57.9 Å². The molecule has 174 valence electrons. The van der Waals surface area contributed by atoms with Crippen LogP contribution in [0, 0.1) is 5.92 Å². The number of carbonyl (C=O) groups excluding carboxylic acids is 1. The van der Waals surface area contributed by atoms with Gasteiger partial charge in [-0.1, -0.05) is 54.0 Å². The Balaban J connectivity index is 1.43. The Hall–Kier alpha value is -2.07. The van der Waals surface area contributed by atoms with Gasteiger partial charge in [0.2, 0.25) is 5.91 Å². The second-order valence-corrected chi connectivity index (χ2v) is 12.7. The normalized spacial score (nSPS) is 16.2. The van der Waals surface area contributed by atoms with Crippen molar-refractivity contribution in [3.05, 3.63) is 74.7 Å². The highest BCUT2D eigenvalue weighted by molar-refractivity contribution is 9.10. The molecule has 0 unspecified atom stereocenters. The van der Waals surface area contributed by atoms with Crippen molar-refractivity contribution in [3.63, 3.8) is 0 Å². The van der Waals surface area contributed by atoms with E-state index in [1.54, 1.807) is 12.1 Å². The summed E-state index contributed by atoms with van der Waals surface area (Å²) in [7, 11) is -3.25. The Morgan fingerprint density at radius 1 is 1.21 bits per heavy atom. The number of carbonyl (C=O) groups is 1. The molecule has 1 aliphatic rings. The second-order valence-electron chi connectivity index (χ2n) is 8.69. The lowest BCUT2D eigenvalue weighted by molar-refractivity contribution is -0.115. The molecule has 2 aromatic carbocycles. The molecule has 0 fully saturated rings. The summed E-state index contributed by atoms with van der Waals surface area (Å²) < 4.78 is 24.3. The molecule has 1 amide bonds. The minimum Gasteiger partial charge on any atom is -0.302 e. The molecule has 3 aromatic rings. The number of anilines is 1. The van der Waals surface area contributed by atoms with Gasteiger partial charge in [0.25, 0.3) is 0 Å². The van der Waals surface area contributed by atoms with Crippen LogP contribution in [-0.4, -0.2) is 30.5 Å². The van der Waals surface area contributed by atoms with Crippen LogP contribution in [0.1, 0.15) is 41.6 Å². The van der Waals surface area contributed by atoms with Gasteiger partial charge in [0.05, 0.1) is 23.1 Å². The van der Waals surface area contributed by atoms with E-state index in [-0.39, 0.29) is 23.3 Å². The number of hydrogen-bond donors (Lipinski definition) is 1. The van der Waals surface area contributed by atoms with Crippen molar-refractivity contribution in [2.24, 2.45) is 5.92 Å². The van der Waals surface area contributed by atoms with E-state index >= 15 is 0 Å². The average Bonchev–Trinajstić information content (AvgIpc) is 3.23. The number of nitrogens with one attached hydrogen (secondary N) is 1. The van der Waals surface area contributed by atoms with Crippen LogP contribution in [0.2, 0.25) is 0 Å². The zero-order valence-corrected chi connectivity index (χ0v) is 21.9. The minimum atomic E-state index is -3.25. The molecule has 0 spiro atoms. The van der Waals surface area contributed by atoms with Crippen molar-refractivity contribution in [3.8, 4) is 0 Å². The Labute approximate surface area is 207 Å².